The molecule has 7 heteroatoms. The van der Waals surface area contributed by atoms with Gasteiger partial charge in [0.05, 0.1) is 12.2 Å². The van der Waals surface area contributed by atoms with E-state index in [0.29, 0.717) is 23.8 Å². The summed E-state index contributed by atoms with van der Waals surface area (Å²) in [6, 6.07) is 18.8. The Kier molecular flexibility index (Phi) is 5.35. The van der Waals surface area contributed by atoms with Crippen LogP contribution in [0.1, 0.15) is 34.2 Å². The molecule has 2 aromatic carbocycles. The highest BCUT2D eigenvalue weighted by atomic mass is 35.5. The number of nitrogens with zero attached hydrogens (tertiary/aromatic N) is 3. The molecule has 2 heterocycles. The molecule has 154 valence electrons. The van der Waals surface area contributed by atoms with Crippen LogP contribution in [0.2, 0.25) is 5.02 Å². The van der Waals surface area contributed by atoms with Crippen molar-refractivity contribution in [3.63, 3.8) is 0 Å². The third kappa shape index (κ3) is 3.83. The van der Waals surface area contributed by atoms with Crippen molar-refractivity contribution in [2.24, 2.45) is 0 Å². The lowest BCUT2D eigenvalue weighted by atomic mass is 9.94. The van der Waals surface area contributed by atoms with Crippen molar-refractivity contribution < 1.29 is 9.59 Å². The van der Waals surface area contributed by atoms with Gasteiger partial charge in [-0.15, -0.1) is 0 Å². The summed E-state index contributed by atoms with van der Waals surface area (Å²) < 4.78 is 1.64. The molecular weight excluding hydrogens is 400 g/mol. The average molecular weight is 423 g/mol. The molecule has 1 N–H and O–H groups in total. The Morgan fingerprint density at radius 3 is 2.53 bits per heavy atom. The summed E-state index contributed by atoms with van der Waals surface area (Å²) >= 11 is 6.00. The first-order valence-corrected chi connectivity index (χ1v) is 10.2. The molecule has 1 aliphatic heterocycles. The van der Waals surface area contributed by atoms with Gasteiger partial charge in [-0.1, -0.05) is 54.1 Å². The Morgan fingerprint density at radius 1 is 1.13 bits per heavy atom. The second-order valence-corrected chi connectivity index (χ2v) is 8.22. The highest BCUT2D eigenvalue weighted by Gasteiger charge is 2.47. The molecule has 1 atom stereocenters. The van der Waals surface area contributed by atoms with Gasteiger partial charge in [0.1, 0.15) is 11.2 Å². The number of aryl methyl sites for hydroxylation is 1. The van der Waals surface area contributed by atoms with Gasteiger partial charge in [0, 0.05) is 18.1 Å². The monoisotopic (exact) mass is 422 g/mol. The number of fused-ring (bicyclic) bond motifs is 1. The zero-order valence-corrected chi connectivity index (χ0v) is 17.7. The van der Waals surface area contributed by atoms with Gasteiger partial charge in [-0.3, -0.25) is 14.3 Å². The molecule has 0 bridgehead atoms. The van der Waals surface area contributed by atoms with E-state index in [0.717, 1.165) is 16.8 Å². The van der Waals surface area contributed by atoms with Crippen molar-refractivity contribution >= 4 is 23.4 Å². The summed E-state index contributed by atoms with van der Waals surface area (Å²) in [7, 11) is 0. The number of halogens is 1. The van der Waals surface area contributed by atoms with Gasteiger partial charge in [-0.2, -0.15) is 5.10 Å². The molecule has 0 fully saturated rings. The molecule has 1 unspecified atom stereocenters. The molecule has 0 saturated heterocycles. The van der Waals surface area contributed by atoms with Gasteiger partial charge in [0.25, 0.3) is 5.91 Å². The number of amides is 2. The Morgan fingerprint density at radius 2 is 1.83 bits per heavy atom. The maximum absolute atomic E-state index is 13.4. The lowest BCUT2D eigenvalue weighted by molar-refractivity contribution is -0.133. The minimum atomic E-state index is -1.09. The van der Waals surface area contributed by atoms with E-state index in [9.17, 15) is 9.59 Å². The average Bonchev–Trinajstić information content (AvgIpc) is 3.11. The molecule has 0 spiro atoms. The smallest absolute Gasteiger partial charge is 0.273 e. The number of nitrogens with one attached hydrogen (secondary N) is 1. The van der Waals surface area contributed by atoms with E-state index in [-0.39, 0.29) is 18.4 Å². The lowest BCUT2D eigenvalue weighted by Gasteiger charge is -2.43. The summed E-state index contributed by atoms with van der Waals surface area (Å²) in [6.07, 6.45) is 0. The van der Waals surface area contributed by atoms with E-state index in [1.54, 1.807) is 34.7 Å². The summed E-state index contributed by atoms with van der Waals surface area (Å²) in [5.74, 6) is -0.429. The molecule has 6 nitrogen and oxygen atoms in total. The van der Waals surface area contributed by atoms with E-state index in [1.807, 2.05) is 49.4 Å². The fraction of sp³-hybridized carbons (Fsp3) is 0.261. The minimum Gasteiger partial charge on any atom is -0.350 e. The first kappa shape index (κ1) is 20.2. The number of benzene rings is 2. The van der Waals surface area contributed by atoms with Crippen molar-refractivity contribution in [3.8, 4) is 0 Å². The highest BCUT2D eigenvalue weighted by molar-refractivity contribution is 6.30. The fourth-order valence-electron chi connectivity index (χ4n) is 3.76. The quantitative estimate of drug-likeness (QED) is 0.683. The van der Waals surface area contributed by atoms with Crippen LogP contribution < -0.4 is 5.32 Å². The van der Waals surface area contributed by atoms with Crippen LogP contribution in [0.4, 0.5) is 0 Å². The van der Waals surface area contributed by atoms with Crippen LogP contribution in [0.5, 0.6) is 0 Å². The number of aromatic nitrogens is 2. The molecular formula is C23H23ClN4O2. The van der Waals surface area contributed by atoms with Gasteiger partial charge in [0.15, 0.2) is 0 Å². The van der Waals surface area contributed by atoms with Crippen molar-refractivity contribution in [2.45, 2.75) is 39.0 Å². The van der Waals surface area contributed by atoms with Gasteiger partial charge < -0.3 is 10.2 Å². The minimum absolute atomic E-state index is 0.214. The molecule has 0 saturated carbocycles. The maximum Gasteiger partial charge on any atom is 0.273 e. The second kappa shape index (κ2) is 7.95. The van der Waals surface area contributed by atoms with Gasteiger partial charge in [-0.25, -0.2) is 0 Å². The topological polar surface area (TPSA) is 67.2 Å². The van der Waals surface area contributed by atoms with Crippen LogP contribution in [0, 0.1) is 6.92 Å². The molecule has 1 aliphatic rings. The fourth-order valence-corrected chi connectivity index (χ4v) is 3.89. The van der Waals surface area contributed by atoms with Gasteiger partial charge >= 0.3 is 0 Å². The van der Waals surface area contributed by atoms with Crippen LogP contribution in [0.15, 0.2) is 60.7 Å². The zero-order valence-electron chi connectivity index (χ0n) is 16.9. The standard InChI is InChI=1S/C23H23ClN4O2/c1-16-12-20-21(29)27(14-18-8-10-19(24)11-9-18)23(2,15-28(20)26-16)22(30)25-13-17-6-4-3-5-7-17/h3-12H,13-15H2,1-2H3,(H,25,30). The largest absolute Gasteiger partial charge is 0.350 e. The Labute approximate surface area is 180 Å². The molecule has 4 rings (SSSR count). The van der Waals surface area contributed by atoms with E-state index >= 15 is 0 Å². The first-order chi connectivity index (χ1) is 14.4. The number of hydrogen-bond donors (Lipinski definition) is 1. The number of hydrogen-bond acceptors (Lipinski definition) is 3. The van der Waals surface area contributed by atoms with E-state index in [1.165, 1.54) is 0 Å². The lowest BCUT2D eigenvalue weighted by Crippen LogP contribution is -2.63. The summed E-state index contributed by atoms with van der Waals surface area (Å²) in [6.45, 7) is 4.62. The van der Waals surface area contributed by atoms with Crippen LogP contribution in [-0.4, -0.2) is 32.0 Å². The van der Waals surface area contributed by atoms with Crippen molar-refractivity contribution in [1.82, 2.24) is 20.0 Å². The van der Waals surface area contributed by atoms with Crippen LogP contribution in [-0.2, 0) is 24.4 Å². The van der Waals surface area contributed by atoms with Crippen molar-refractivity contribution in [2.75, 3.05) is 0 Å². The Hall–Kier alpha value is -3.12. The molecule has 0 aliphatic carbocycles. The van der Waals surface area contributed by atoms with Gasteiger partial charge in [-0.05, 0) is 43.2 Å². The summed E-state index contributed by atoms with van der Waals surface area (Å²) in [5.41, 5.74) is 2.06. The predicted molar refractivity (Wildman–Crippen MR) is 115 cm³/mol. The highest BCUT2D eigenvalue weighted by Crippen LogP contribution is 2.29. The second-order valence-electron chi connectivity index (χ2n) is 7.79. The zero-order chi connectivity index (χ0) is 21.3. The van der Waals surface area contributed by atoms with Crippen molar-refractivity contribution in [3.05, 3.63) is 88.2 Å². The Bertz CT molecular complexity index is 1080. The summed E-state index contributed by atoms with van der Waals surface area (Å²) in [5, 5.41) is 8.05. The molecule has 30 heavy (non-hydrogen) atoms. The van der Waals surface area contributed by atoms with Crippen LogP contribution in [0.25, 0.3) is 0 Å². The molecule has 1 aromatic heterocycles. The third-order valence-electron chi connectivity index (χ3n) is 5.46. The first-order valence-electron chi connectivity index (χ1n) is 9.80. The van der Waals surface area contributed by atoms with E-state index < -0.39 is 5.54 Å². The normalized spacial score (nSPS) is 18.2. The van der Waals surface area contributed by atoms with Crippen molar-refractivity contribution in [1.29, 1.82) is 0 Å². The number of carbonyl (C=O) groups is 2. The number of rotatable bonds is 5. The molecule has 0 radical (unpaired) electrons. The SMILES string of the molecule is Cc1cc2n(n1)CC(C)(C(=O)NCc1ccccc1)N(Cc1ccc(Cl)cc1)C2=O. The van der Waals surface area contributed by atoms with E-state index in [2.05, 4.69) is 10.4 Å². The van der Waals surface area contributed by atoms with Gasteiger partial charge in [0.2, 0.25) is 5.91 Å². The maximum atomic E-state index is 13.4. The summed E-state index contributed by atoms with van der Waals surface area (Å²) in [4.78, 5) is 28.3. The van der Waals surface area contributed by atoms with Crippen LogP contribution in [0.3, 0.4) is 0 Å². The third-order valence-corrected chi connectivity index (χ3v) is 5.71. The Balaban J connectivity index is 1.65. The predicted octanol–water partition coefficient (Wildman–Crippen LogP) is 3.58. The van der Waals surface area contributed by atoms with E-state index in [4.69, 9.17) is 11.6 Å². The molecule has 3 aromatic rings. The number of carbonyl (C=O) groups excluding carboxylic acids is 2. The molecule has 2 amide bonds. The van der Waals surface area contributed by atoms with Crippen LogP contribution >= 0.6 is 11.6 Å².